The van der Waals surface area contributed by atoms with E-state index in [4.69, 9.17) is 0 Å². The third-order valence-corrected chi connectivity index (χ3v) is 7.42. The molecule has 6 rings (SSSR count). The molecule has 2 N–H and O–H groups in total. The molecule has 0 spiro atoms. The summed E-state index contributed by atoms with van der Waals surface area (Å²) in [4.78, 5) is 66.6. The van der Waals surface area contributed by atoms with Crippen molar-refractivity contribution in [2.24, 2.45) is 5.10 Å². The van der Waals surface area contributed by atoms with Crippen molar-refractivity contribution in [1.82, 2.24) is 19.7 Å². The van der Waals surface area contributed by atoms with E-state index in [1.807, 2.05) is 0 Å². The van der Waals surface area contributed by atoms with Crippen LogP contribution in [-0.4, -0.2) is 37.6 Å². The van der Waals surface area contributed by atoms with Crippen LogP contribution in [0, 0.1) is 13.8 Å². The van der Waals surface area contributed by atoms with E-state index in [0.717, 1.165) is 9.69 Å². The molecule has 0 unspecified atom stereocenters. The van der Waals surface area contributed by atoms with Crippen molar-refractivity contribution >= 4 is 35.7 Å². The predicted octanol–water partition coefficient (Wildman–Crippen LogP) is -10.5. The van der Waals surface area contributed by atoms with Gasteiger partial charge in [-0.3, -0.25) is 14.4 Å². The number of H-pyrrole nitrogens is 2. The van der Waals surface area contributed by atoms with Crippen LogP contribution in [0.3, 0.4) is 0 Å². The fourth-order valence-electron chi connectivity index (χ4n) is 5.09. The summed E-state index contributed by atoms with van der Waals surface area (Å²) in [5.41, 5.74) is 0.459. The van der Waals surface area contributed by atoms with E-state index >= 15 is 0 Å². The molecule has 0 aliphatic carbocycles. The summed E-state index contributed by atoms with van der Waals surface area (Å²) in [5.74, 6) is -3.78. The van der Waals surface area contributed by atoms with Crippen molar-refractivity contribution in [3.8, 4) is 23.0 Å². The summed E-state index contributed by atoms with van der Waals surface area (Å²) in [6.45, 7) is 3.15. The summed E-state index contributed by atoms with van der Waals surface area (Å²) < 4.78 is 1.04. The molecule has 3 aromatic rings. The van der Waals surface area contributed by atoms with Crippen LogP contribution >= 0.6 is 0 Å². The smallest absolute Gasteiger partial charge is 0.860 e. The first-order valence-corrected chi connectivity index (χ1v) is 13.3. The second-order valence-electron chi connectivity index (χ2n) is 10.1. The third kappa shape index (κ3) is 6.94. The Labute approximate surface area is 336 Å². The van der Waals surface area contributed by atoms with Crippen LogP contribution in [0.2, 0.25) is 0 Å². The van der Waals surface area contributed by atoms with E-state index in [1.165, 1.54) is 66.8 Å². The van der Waals surface area contributed by atoms with E-state index in [2.05, 4.69) is 20.2 Å². The van der Waals surface area contributed by atoms with Gasteiger partial charge in [-0.05, 0) is 77.9 Å². The Kier molecular flexibility index (Phi) is 12.4. The molecule has 0 saturated heterocycles. The van der Waals surface area contributed by atoms with Crippen molar-refractivity contribution in [2.75, 3.05) is 5.01 Å². The number of aromatic amines is 2. The number of carbonyl (C=O) groups is 3. The number of carboxylic acid groups (broad SMARTS) is 2. The number of carboxylic acids is 2. The molecule has 4 heterocycles. The minimum Gasteiger partial charge on any atom is -0.860 e. The number of aromatic nitrogens is 4. The molecule has 3 aliphatic rings. The molecule has 2 aromatic carbocycles. The number of carbonyl (C=O) groups excluding carboxylic acids is 3. The third-order valence-electron chi connectivity index (χ3n) is 7.42. The van der Waals surface area contributed by atoms with Gasteiger partial charge >= 0.3 is 88.7 Å². The summed E-state index contributed by atoms with van der Waals surface area (Å²) in [6.07, 6.45) is 4.28. The Morgan fingerprint density at radius 3 is 1.92 bits per heavy atom. The Hall–Kier alpha value is -3.57. The van der Waals surface area contributed by atoms with E-state index in [9.17, 15) is 39.3 Å². The van der Waals surface area contributed by atoms with Crippen LogP contribution in [0.4, 0.5) is 5.69 Å². The number of nitrogens with zero attached hydrogens (tertiary/aromatic N) is 4. The first-order chi connectivity index (χ1) is 21.5. The minimum atomic E-state index is -1.37. The SMILES string of the molecule is Cc1c(C=CC=c2c(C)c3c([nH]c2=O)=NN(c2ccc(C(=O)[O-])cc2)C3=O)c([O-])[nH]c2nn(-c3ccc(C(=O)[O-])cc3)c(=O)c1-2.[Na+].[Na+].[Na+]. The van der Waals surface area contributed by atoms with Gasteiger partial charge in [0, 0.05) is 5.22 Å². The van der Waals surface area contributed by atoms with Gasteiger partial charge in [0.2, 0.25) is 0 Å². The average molecular weight is 672 g/mol. The Balaban J connectivity index is 0.00000208. The zero-order valence-corrected chi connectivity index (χ0v) is 32.4. The molecule has 224 valence electrons. The molecular formula is C31H19N6Na3O8. The van der Waals surface area contributed by atoms with Gasteiger partial charge in [0.25, 0.3) is 17.0 Å². The van der Waals surface area contributed by atoms with Gasteiger partial charge in [0.15, 0.2) is 11.3 Å². The quantitative estimate of drug-likeness (QED) is 0.163. The molecule has 0 radical (unpaired) electrons. The second kappa shape index (κ2) is 15.3. The first kappa shape index (κ1) is 38.9. The van der Waals surface area contributed by atoms with Crippen molar-refractivity contribution in [1.29, 1.82) is 0 Å². The Morgan fingerprint density at radius 2 is 1.35 bits per heavy atom. The number of rotatable bonds is 6. The fraction of sp³-hybridized carbons (Fsp3) is 0.0645. The van der Waals surface area contributed by atoms with Crippen LogP contribution in [0.1, 0.15) is 47.8 Å². The Morgan fingerprint density at radius 1 is 0.792 bits per heavy atom. The van der Waals surface area contributed by atoms with Crippen LogP contribution < -0.4 is 131 Å². The van der Waals surface area contributed by atoms with Crippen LogP contribution in [-0.2, 0) is 0 Å². The number of nitrogens with one attached hydrogen (secondary N) is 2. The maximum absolute atomic E-state index is 13.2. The second-order valence-corrected chi connectivity index (χ2v) is 10.1. The molecule has 48 heavy (non-hydrogen) atoms. The predicted molar refractivity (Wildman–Crippen MR) is 153 cm³/mol. The molecule has 14 nitrogen and oxygen atoms in total. The summed E-state index contributed by atoms with van der Waals surface area (Å²) >= 11 is 0. The van der Waals surface area contributed by atoms with Gasteiger partial charge in [-0.2, -0.15) is 9.69 Å². The molecule has 0 saturated carbocycles. The van der Waals surface area contributed by atoms with Gasteiger partial charge in [-0.15, -0.1) is 10.2 Å². The monoisotopic (exact) mass is 672 g/mol. The molecule has 3 aliphatic heterocycles. The molecule has 1 amide bonds. The number of hydrogen-bond donors (Lipinski definition) is 2. The van der Waals surface area contributed by atoms with E-state index in [1.54, 1.807) is 13.8 Å². The molecule has 0 fully saturated rings. The normalized spacial score (nSPS) is 12.2. The first-order valence-electron chi connectivity index (χ1n) is 13.3. The number of amides is 1. The molecule has 0 bridgehead atoms. The molecular weight excluding hydrogens is 653 g/mol. The number of benzene rings is 2. The van der Waals surface area contributed by atoms with E-state index in [-0.39, 0.29) is 144 Å². The topological polar surface area (TPSA) is 220 Å². The number of anilines is 1. The standard InChI is InChI=1S/C31H22N6O8.3Na/c1-14-20(26(38)32-24-22(14)28(40)36(34-24)18-10-6-16(7-11-18)30(42)43)4-3-5-21-15(2)23-25(33-27(21)39)35-37(29(23)41)19-12-8-17(9-13-19)31(44)45;;;/h3-13H,1-2H3,(H,42,43)(H,44,45)(H,32,34,38)(H2,33,35,39);;;/q;3*+1/p-3. The summed E-state index contributed by atoms with van der Waals surface area (Å²) in [6, 6.07) is 10.7. The summed E-state index contributed by atoms with van der Waals surface area (Å²) in [7, 11) is 0. The number of allylic oxidation sites excluding steroid dienone is 1. The van der Waals surface area contributed by atoms with Gasteiger partial charge in [0.05, 0.1) is 34.4 Å². The van der Waals surface area contributed by atoms with Crippen LogP contribution in [0.25, 0.3) is 29.2 Å². The van der Waals surface area contributed by atoms with Gasteiger partial charge in [-0.1, -0.05) is 36.4 Å². The van der Waals surface area contributed by atoms with Crippen molar-refractivity contribution < 1.29 is 118 Å². The van der Waals surface area contributed by atoms with Gasteiger partial charge < -0.3 is 34.9 Å². The minimum absolute atomic E-state index is 0. The molecule has 17 heteroatoms. The van der Waals surface area contributed by atoms with Crippen molar-refractivity contribution in [3.63, 3.8) is 0 Å². The Bertz CT molecular complexity index is 2330. The fourth-order valence-corrected chi connectivity index (χ4v) is 5.09. The van der Waals surface area contributed by atoms with Crippen molar-refractivity contribution in [2.45, 2.75) is 13.8 Å². The maximum Gasteiger partial charge on any atom is 1.00 e. The van der Waals surface area contributed by atoms with Crippen LogP contribution in [0.15, 0.2) is 69.3 Å². The van der Waals surface area contributed by atoms with Crippen LogP contribution in [0.5, 0.6) is 5.88 Å². The van der Waals surface area contributed by atoms with Gasteiger partial charge in [0.1, 0.15) is 0 Å². The zero-order chi connectivity index (χ0) is 32.2. The van der Waals surface area contributed by atoms with E-state index in [0.29, 0.717) is 11.1 Å². The number of pyridine rings is 2. The maximum atomic E-state index is 13.2. The number of hydrogen-bond acceptors (Lipinski definition) is 10. The molecule has 1 aromatic heterocycles. The van der Waals surface area contributed by atoms with Crippen molar-refractivity contribution in [3.05, 3.63) is 119 Å². The average Bonchev–Trinajstić information content (AvgIpc) is 3.52. The summed E-state index contributed by atoms with van der Waals surface area (Å²) in [5, 5.41) is 44.6. The molecule has 0 atom stereocenters. The zero-order valence-electron chi connectivity index (χ0n) is 26.4. The van der Waals surface area contributed by atoms with E-state index < -0.39 is 34.8 Å². The number of fused-ring (bicyclic) bond motifs is 2. The number of aromatic carboxylic acids is 2. The van der Waals surface area contributed by atoms with Gasteiger partial charge in [-0.25, -0.2) is 0 Å². The largest absolute Gasteiger partial charge is 1.00 e.